The van der Waals surface area contributed by atoms with Crippen LogP contribution in [-0.2, 0) is 25.5 Å². The maximum atomic E-state index is 13.5. The van der Waals surface area contributed by atoms with Gasteiger partial charge in [-0.1, -0.05) is 0 Å². The van der Waals surface area contributed by atoms with Gasteiger partial charge in [-0.05, 0) is 0 Å². The molecular weight excluding hydrogens is 370 g/mol. The molecule has 0 heterocycles. The first kappa shape index (κ1) is 22.2. The van der Waals surface area contributed by atoms with E-state index >= 15 is 0 Å². The van der Waals surface area contributed by atoms with Crippen LogP contribution in [0.1, 0.15) is 78.1 Å². The van der Waals surface area contributed by atoms with E-state index in [0.717, 1.165) is 6.42 Å². The Morgan fingerprint density at radius 2 is 1.69 bits per heavy atom. The minimum absolute atomic E-state index is 0.276. The van der Waals surface area contributed by atoms with Crippen molar-refractivity contribution in [3.8, 4) is 0 Å². The standard InChI is InChI=1S/C22H39NOSi.Ti/c1-17-14-15-18(2)20(17)22(21(23)24)16-12-10-8-6-5-7-9-11-13-19(22)25(3)4;/h14-15,17,19,25H,5-13,16H2,1-4H3,(H2,23,24);/q;+1/p-1. The van der Waals surface area contributed by atoms with Crippen LogP contribution < -0.4 is 3.80 Å². The number of amides is 1. The summed E-state index contributed by atoms with van der Waals surface area (Å²) in [5.74, 6) is 0.695. The van der Waals surface area contributed by atoms with E-state index in [-0.39, 0.29) is 5.41 Å². The van der Waals surface area contributed by atoms with Gasteiger partial charge in [0.15, 0.2) is 0 Å². The molecule has 1 saturated carbocycles. The van der Waals surface area contributed by atoms with Gasteiger partial charge in [0, 0.05) is 0 Å². The quantitative estimate of drug-likeness (QED) is 0.584. The van der Waals surface area contributed by atoms with Gasteiger partial charge in [0.05, 0.1) is 0 Å². The van der Waals surface area contributed by atoms with Crippen molar-refractivity contribution in [3.05, 3.63) is 23.3 Å². The normalized spacial score (nSPS) is 31.5. The first-order chi connectivity index (χ1) is 12.4. The average Bonchev–Trinajstić information content (AvgIpc) is 2.94. The summed E-state index contributed by atoms with van der Waals surface area (Å²) in [5, 5.41) is 0. The van der Waals surface area contributed by atoms with E-state index in [4.69, 9.17) is 0 Å². The number of hydrogen-bond donors (Lipinski definition) is 1. The van der Waals surface area contributed by atoms with Crippen molar-refractivity contribution >= 4 is 14.7 Å². The summed E-state index contributed by atoms with van der Waals surface area (Å²) in [6.07, 6.45) is 17.4. The predicted octanol–water partition coefficient (Wildman–Crippen LogP) is 5.84. The monoisotopic (exact) mass is 408 g/mol. The van der Waals surface area contributed by atoms with Crippen LogP contribution in [0, 0.1) is 11.3 Å². The van der Waals surface area contributed by atoms with E-state index < -0.39 is 8.80 Å². The van der Waals surface area contributed by atoms with Gasteiger partial charge < -0.3 is 0 Å². The van der Waals surface area contributed by atoms with Crippen LogP contribution in [0.4, 0.5) is 0 Å². The van der Waals surface area contributed by atoms with Gasteiger partial charge in [-0.25, -0.2) is 0 Å². The van der Waals surface area contributed by atoms with Gasteiger partial charge in [0.25, 0.3) is 0 Å². The fraction of sp³-hybridized carbons (Fsp3) is 0.773. The van der Waals surface area contributed by atoms with Crippen molar-refractivity contribution in [1.29, 1.82) is 0 Å². The summed E-state index contributed by atoms with van der Waals surface area (Å²) in [4.78, 5) is 13.5. The molecule has 26 heavy (non-hydrogen) atoms. The van der Waals surface area contributed by atoms with Crippen molar-refractivity contribution in [2.45, 2.75) is 96.7 Å². The summed E-state index contributed by atoms with van der Waals surface area (Å²) in [7, 11) is -0.990. The van der Waals surface area contributed by atoms with Crippen molar-refractivity contribution in [3.63, 3.8) is 0 Å². The third kappa shape index (κ3) is 4.83. The molecule has 0 radical (unpaired) electrons. The molecule has 2 aliphatic carbocycles. The number of rotatable bonds is 3. The van der Waals surface area contributed by atoms with E-state index in [0.29, 0.717) is 17.4 Å². The molecule has 0 spiro atoms. The summed E-state index contributed by atoms with van der Waals surface area (Å²) in [6.45, 7) is 9.46. The SMILES string of the molecule is CC1=C(C2(C(=O)[NH][Ti])CCCCCCCCCCC2[SiH](C)C)C(C)C=C1. The van der Waals surface area contributed by atoms with Crippen molar-refractivity contribution in [2.75, 3.05) is 0 Å². The molecule has 0 bridgehead atoms. The van der Waals surface area contributed by atoms with Crippen molar-refractivity contribution in [2.24, 2.45) is 11.3 Å². The molecule has 0 saturated heterocycles. The first-order valence-electron chi connectivity index (χ1n) is 10.8. The number of carbonyl (C=O) groups is 1. The summed E-state index contributed by atoms with van der Waals surface area (Å²) < 4.78 is 3.11. The second kappa shape index (κ2) is 10.4. The van der Waals surface area contributed by atoms with Gasteiger partial charge >= 0.3 is 175 Å². The Bertz CT molecular complexity index is 542. The molecule has 1 amide bonds. The molecule has 0 aliphatic heterocycles. The molecule has 3 unspecified atom stereocenters. The van der Waals surface area contributed by atoms with E-state index in [2.05, 4.69) is 42.9 Å². The topological polar surface area (TPSA) is 29.1 Å². The van der Waals surface area contributed by atoms with Gasteiger partial charge in [0.1, 0.15) is 0 Å². The molecule has 4 heteroatoms. The molecule has 0 aromatic rings. The fourth-order valence-corrected chi connectivity index (χ4v) is 8.49. The number of carbonyl (C=O) groups excluding carboxylic acids is 1. The molecule has 1 fully saturated rings. The average molecular weight is 409 g/mol. The zero-order chi connectivity index (χ0) is 19.2. The molecule has 0 aromatic carbocycles. The Morgan fingerprint density at radius 3 is 2.19 bits per heavy atom. The summed E-state index contributed by atoms with van der Waals surface area (Å²) >= 11 is 1.85. The fourth-order valence-electron chi connectivity index (χ4n) is 5.60. The first-order valence-corrected chi connectivity index (χ1v) is 14.6. The van der Waals surface area contributed by atoms with Gasteiger partial charge in [-0.2, -0.15) is 0 Å². The third-order valence-electron chi connectivity index (χ3n) is 6.79. The van der Waals surface area contributed by atoms with Crippen molar-refractivity contribution in [1.82, 2.24) is 3.80 Å². The van der Waals surface area contributed by atoms with Crippen molar-refractivity contribution < 1.29 is 25.5 Å². The third-order valence-corrected chi connectivity index (χ3v) is 9.65. The van der Waals surface area contributed by atoms with Gasteiger partial charge in [-0.15, -0.1) is 0 Å². The zero-order valence-corrected chi connectivity index (χ0v) is 20.1. The van der Waals surface area contributed by atoms with Crippen LogP contribution in [-0.4, -0.2) is 14.7 Å². The van der Waals surface area contributed by atoms with Crippen LogP contribution in [0.25, 0.3) is 0 Å². The van der Waals surface area contributed by atoms with E-state index in [1.807, 2.05) is 20.7 Å². The molecule has 2 aliphatic rings. The Kier molecular flexibility index (Phi) is 8.90. The second-order valence-electron chi connectivity index (χ2n) is 8.89. The Labute approximate surface area is 175 Å². The zero-order valence-electron chi connectivity index (χ0n) is 17.4. The van der Waals surface area contributed by atoms with Crippen LogP contribution in [0.3, 0.4) is 0 Å². The van der Waals surface area contributed by atoms with Crippen LogP contribution in [0.15, 0.2) is 23.3 Å². The number of allylic oxidation sites excluding steroid dienone is 3. The van der Waals surface area contributed by atoms with E-state index in [9.17, 15) is 4.79 Å². The molecule has 2 nitrogen and oxygen atoms in total. The van der Waals surface area contributed by atoms with Crippen LogP contribution >= 0.6 is 0 Å². The molecule has 2 rings (SSSR count). The number of nitrogens with one attached hydrogen (secondary N) is 1. The Morgan fingerprint density at radius 1 is 1.12 bits per heavy atom. The second-order valence-corrected chi connectivity index (χ2v) is 12.6. The van der Waals surface area contributed by atoms with E-state index in [1.165, 1.54) is 68.9 Å². The molecule has 3 atom stereocenters. The van der Waals surface area contributed by atoms with Gasteiger partial charge in [-0.3, -0.25) is 0 Å². The molecule has 1 N–H and O–H groups in total. The maximum absolute atomic E-state index is 13.5. The van der Waals surface area contributed by atoms with E-state index in [1.54, 1.807) is 0 Å². The molecule has 0 aromatic heterocycles. The number of hydrogen-bond acceptors (Lipinski definition) is 1. The van der Waals surface area contributed by atoms with Gasteiger partial charge in [0.2, 0.25) is 0 Å². The molecular formula is C22H38NOSiTi. The Hall–Kier alpha value is -0.119. The predicted molar refractivity (Wildman–Crippen MR) is 110 cm³/mol. The van der Waals surface area contributed by atoms with Crippen LogP contribution in [0.2, 0.25) is 18.6 Å². The minimum atomic E-state index is -0.990. The summed E-state index contributed by atoms with van der Waals surface area (Å²) in [6, 6.07) is 0. The summed E-state index contributed by atoms with van der Waals surface area (Å²) in [5.41, 5.74) is 3.09. The Balaban J connectivity index is 2.50. The van der Waals surface area contributed by atoms with Crippen LogP contribution in [0.5, 0.6) is 0 Å². The molecule has 145 valence electrons.